The van der Waals surface area contributed by atoms with Crippen LogP contribution in [0, 0.1) is 0 Å². The van der Waals surface area contributed by atoms with Crippen LogP contribution < -0.4 is 4.90 Å². The Bertz CT molecular complexity index is 460. The van der Waals surface area contributed by atoms with Crippen molar-refractivity contribution in [3.8, 4) is 0 Å². The number of thiazole rings is 1. The SMILES string of the molecule is CCC(C)c1nc(N(CC)CCCN(C)C)sc1C(=O)O. The van der Waals surface area contributed by atoms with Crippen LogP contribution in [-0.4, -0.2) is 54.7 Å². The number of carboxylic acid groups (broad SMARTS) is 1. The zero-order valence-corrected chi connectivity index (χ0v) is 14.5. The maximum atomic E-state index is 11.4. The summed E-state index contributed by atoms with van der Waals surface area (Å²) in [7, 11) is 4.12. The summed E-state index contributed by atoms with van der Waals surface area (Å²) >= 11 is 1.30. The number of rotatable bonds is 9. The van der Waals surface area contributed by atoms with Crippen molar-refractivity contribution in [2.24, 2.45) is 0 Å². The lowest BCUT2D eigenvalue weighted by molar-refractivity contribution is 0.0700. The first-order valence-electron chi connectivity index (χ1n) is 7.54. The molecule has 0 radical (unpaired) electrons. The Kier molecular flexibility index (Phi) is 7.11. The summed E-state index contributed by atoms with van der Waals surface area (Å²) < 4.78 is 0. The molecule has 0 saturated heterocycles. The van der Waals surface area contributed by atoms with Gasteiger partial charge in [-0.1, -0.05) is 25.2 Å². The Morgan fingerprint density at radius 3 is 2.48 bits per heavy atom. The number of aromatic nitrogens is 1. The van der Waals surface area contributed by atoms with E-state index in [9.17, 15) is 9.90 Å². The van der Waals surface area contributed by atoms with E-state index in [2.05, 4.69) is 42.7 Å². The molecule has 0 aliphatic carbocycles. The van der Waals surface area contributed by atoms with E-state index in [0.717, 1.165) is 43.3 Å². The highest BCUT2D eigenvalue weighted by atomic mass is 32.1. The second-order valence-electron chi connectivity index (χ2n) is 5.56. The molecule has 0 aliphatic rings. The van der Waals surface area contributed by atoms with Crippen LogP contribution in [0.5, 0.6) is 0 Å². The minimum atomic E-state index is -0.863. The smallest absolute Gasteiger partial charge is 0.347 e. The fourth-order valence-corrected chi connectivity index (χ4v) is 3.22. The van der Waals surface area contributed by atoms with Crippen LogP contribution in [-0.2, 0) is 0 Å². The number of anilines is 1. The first-order chi connectivity index (χ1) is 9.90. The van der Waals surface area contributed by atoms with E-state index in [1.807, 2.05) is 6.92 Å². The molecule has 0 amide bonds. The molecule has 1 heterocycles. The molecule has 0 spiro atoms. The number of hydrogen-bond acceptors (Lipinski definition) is 5. The number of hydrogen-bond donors (Lipinski definition) is 1. The molecule has 0 fully saturated rings. The molecule has 0 bridgehead atoms. The van der Waals surface area contributed by atoms with Gasteiger partial charge < -0.3 is 14.9 Å². The van der Waals surface area contributed by atoms with Gasteiger partial charge in [0.15, 0.2) is 5.13 Å². The monoisotopic (exact) mass is 313 g/mol. The molecule has 1 aromatic heterocycles. The summed E-state index contributed by atoms with van der Waals surface area (Å²) in [6.07, 6.45) is 1.94. The molecule has 0 saturated carbocycles. The van der Waals surface area contributed by atoms with Gasteiger partial charge in [0.2, 0.25) is 0 Å². The van der Waals surface area contributed by atoms with E-state index in [-0.39, 0.29) is 5.92 Å². The average molecular weight is 313 g/mol. The van der Waals surface area contributed by atoms with Gasteiger partial charge in [-0.3, -0.25) is 0 Å². The summed E-state index contributed by atoms with van der Waals surface area (Å²) in [5.41, 5.74) is 0.732. The summed E-state index contributed by atoms with van der Waals surface area (Å²) in [6.45, 7) is 8.95. The van der Waals surface area contributed by atoms with Gasteiger partial charge in [-0.25, -0.2) is 9.78 Å². The van der Waals surface area contributed by atoms with Crippen molar-refractivity contribution in [1.82, 2.24) is 9.88 Å². The molecule has 1 atom stereocenters. The van der Waals surface area contributed by atoms with Gasteiger partial charge in [-0.15, -0.1) is 0 Å². The Hall–Kier alpha value is -1.14. The molecule has 1 aromatic rings. The quantitative estimate of drug-likeness (QED) is 0.759. The normalized spacial score (nSPS) is 12.7. The lowest BCUT2D eigenvalue weighted by Gasteiger charge is -2.20. The van der Waals surface area contributed by atoms with Crippen LogP contribution in [0.3, 0.4) is 0 Å². The summed E-state index contributed by atoms with van der Waals surface area (Å²) in [5, 5.41) is 10.2. The molecule has 0 aromatic carbocycles. The van der Waals surface area contributed by atoms with Crippen molar-refractivity contribution in [3.05, 3.63) is 10.6 Å². The molecule has 5 nitrogen and oxygen atoms in total. The molecule has 6 heteroatoms. The second-order valence-corrected chi connectivity index (χ2v) is 6.54. The highest BCUT2D eigenvalue weighted by Crippen LogP contribution is 2.32. The van der Waals surface area contributed by atoms with Gasteiger partial charge in [0, 0.05) is 13.1 Å². The molecule has 21 heavy (non-hydrogen) atoms. The van der Waals surface area contributed by atoms with Crippen LogP contribution in [0.15, 0.2) is 0 Å². The van der Waals surface area contributed by atoms with Crippen LogP contribution in [0.2, 0.25) is 0 Å². The Balaban J connectivity index is 2.91. The predicted molar refractivity (Wildman–Crippen MR) is 88.8 cm³/mol. The van der Waals surface area contributed by atoms with E-state index in [1.165, 1.54) is 11.3 Å². The van der Waals surface area contributed by atoms with Crippen molar-refractivity contribution < 1.29 is 9.90 Å². The number of carboxylic acids is 1. The third-order valence-corrected chi connectivity index (χ3v) is 4.72. The van der Waals surface area contributed by atoms with Crippen LogP contribution >= 0.6 is 11.3 Å². The Morgan fingerprint density at radius 1 is 1.33 bits per heavy atom. The lowest BCUT2D eigenvalue weighted by atomic mass is 10.0. The zero-order valence-electron chi connectivity index (χ0n) is 13.7. The van der Waals surface area contributed by atoms with Crippen molar-refractivity contribution in [1.29, 1.82) is 0 Å². The highest BCUT2D eigenvalue weighted by molar-refractivity contribution is 7.17. The van der Waals surface area contributed by atoms with Crippen molar-refractivity contribution in [2.75, 3.05) is 38.6 Å². The van der Waals surface area contributed by atoms with Crippen LogP contribution in [0.1, 0.15) is 54.9 Å². The van der Waals surface area contributed by atoms with E-state index in [1.54, 1.807) is 0 Å². The van der Waals surface area contributed by atoms with Gasteiger partial charge in [0.1, 0.15) is 4.88 Å². The fraction of sp³-hybridized carbons (Fsp3) is 0.733. The van der Waals surface area contributed by atoms with Crippen molar-refractivity contribution >= 4 is 22.4 Å². The summed E-state index contributed by atoms with van der Waals surface area (Å²) in [4.78, 5) is 20.8. The minimum Gasteiger partial charge on any atom is -0.477 e. The van der Waals surface area contributed by atoms with E-state index in [4.69, 9.17) is 0 Å². The molecule has 0 aliphatic heterocycles. The lowest BCUT2D eigenvalue weighted by Crippen LogP contribution is -2.26. The first-order valence-corrected chi connectivity index (χ1v) is 8.35. The largest absolute Gasteiger partial charge is 0.477 e. The van der Waals surface area contributed by atoms with Gasteiger partial charge in [-0.05, 0) is 46.3 Å². The highest BCUT2D eigenvalue weighted by Gasteiger charge is 2.23. The standard InChI is InChI=1S/C15H27N3O2S/c1-6-11(3)12-13(14(19)20)21-15(16-12)18(7-2)10-8-9-17(4)5/h11H,6-10H2,1-5H3,(H,19,20). The summed E-state index contributed by atoms with van der Waals surface area (Å²) in [5.74, 6) is -0.681. The van der Waals surface area contributed by atoms with E-state index < -0.39 is 5.97 Å². The third kappa shape index (κ3) is 4.97. The Morgan fingerprint density at radius 2 is 2.00 bits per heavy atom. The number of aromatic carboxylic acids is 1. The van der Waals surface area contributed by atoms with Gasteiger partial charge in [0.25, 0.3) is 0 Å². The molecule has 1 unspecified atom stereocenters. The van der Waals surface area contributed by atoms with Gasteiger partial charge in [0.05, 0.1) is 5.69 Å². The fourth-order valence-electron chi connectivity index (χ4n) is 2.10. The van der Waals surface area contributed by atoms with Gasteiger partial charge >= 0.3 is 5.97 Å². The molecular weight excluding hydrogens is 286 g/mol. The maximum absolute atomic E-state index is 11.4. The summed E-state index contributed by atoms with van der Waals surface area (Å²) in [6, 6.07) is 0. The van der Waals surface area contributed by atoms with Crippen LogP contribution in [0.25, 0.3) is 0 Å². The maximum Gasteiger partial charge on any atom is 0.347 e. The van der Waals surface area contributed by atoms with Crippen LogP contribution in [0.4, 0.5) is 5.13 Å². The number of nitrogens with zero attached hydrogens (tertiary/aromatic N) is 3. The van der Waals surface area contributed by atoms with E-state index >= 15 is 0 Å². The molecular formula is C15H27N3O2S. The third-order valence-electron chi connectivity index (χ3n) is 3.60. The van der Waals surface area contributed by atoms with Crippen molar-refractivity contribution in [2.45, 2.75) is 39.5 Å². The minimum absolute atomic E-state index is 0.182. The molecule has 1 rings (SSSR count). The zero-order chi connectivity index (χ0) is 16.0. The topological polar surface area (TPSA) is 56.7 Å². The Labute approximate surface area is 131 Å². The second kappa shape index (κ2) is 8.34. The van der Waals surface area contributed by atoms with E-state index in [0.29, 0.717) is 4.88 Å². The predicted octanol–water partition coefficient (Wildman–Crippen LogP) is 3.13. The molecule has 120 valence electrons. The first kappa shape index (κ1) is 17.9. The number of carbonyl (C=O) groups is 1. The van der Waals surface area contributed by atoms with Crippen molar-refractivity contribution in [3.63, 3.8) is 0 Å². The molecule has 1 N–H and O–H groups in total. The average Bonchev–Trinajstić information content (AvgIpc) is 2.87. The van der Waals surface area contributed by atoms with Gasteiger partial charge in [-0.2, -0.15) is 0 Å².